The quantitative estimate of drug-likeness (QED) is 0.296. The number of amides is 1. The molecule has 0 aliphatic carbocycles. The van der Waals surface area contributed by atoms with E-state index in [2.05, 4.69) is 30.3 Å². The Morgan fingerprint density at radius 2 is 1.86 bits per heavy atom. The average Bonchev–Trinajstić information content (AvgIpc) is 3.30. The predicted molar refractivity (Wildman–Crippen MR) is 118 cm³/mol. The standard InChI is InChI=1S/C22H33NO3S2/c1-23(25)22(24)9-5-6-13-27-16-19-18(20-10-11-21(19)26-20)12-14-28-15-17-7-3-2-4-8-17/h2-4,7-8,18-21,25H,5-6,9-16H2,1H3/t18-,19+,20-,21+/m1/s1. The number of hydrogen-bond acceptors (Lipinski definition) is 5. The van der Waals surface area contributed by atoms with E-state index in [1.54, 1.807) is 0 Å². The van der Waals surface area contributed by atoms with Gasteiger partial charge in [0.1, 0.15) is 0 Å². The summed E-state index contributed by atoms with van der Waals surface area (Å²) in [5, 5.41) is 9.77. The van der Waals surface area contributed by atoms with Crippen LogP contribution in [0.1, 0.15) is 44.1 Å². The summed E-state index contributed by atoms with van der Waals surface area (Å²) in [7, 11) is 1.39. The fourth-order valence-corrected chi connectivity index (χ4v) is 6.67. The molecule has 1 N–H and O–H groups in total. The zero-order valence-corrected chi connectivity index (χ0v) is 18.4. The van der Waals surface area contributed by atoms with Crippen LogP contribution in [0, 0.1) is 11.8 Å². The lowest BCUT2D eigenvalue weighted by molar-refractivity contribution is -0.159. The third-order valence-corrected chi connectivity index (χ3v) is 8.16. The van der Waals surface area contributed by atoms with Gasteiger partial charge in [0.05, 0.1) is 12.2 Å². The van der Waals surface area contributed by atoms with Gasteiger partial charge in [0.15, 0.2) is 0 Å². The Morgan fingerprint density at radius 1 is 1.11 bits per heavy atom. The van der Waals surface area contributed by atoms with Crippen molar-refractivity contribution in [3.05, 3.63) is 35.9 Å². The monoisotopic (exact) mass is 423 g/mol. The summed E-state index contributed by atoms with van der Waals surface area (Å²) < 4.78 is 6.25. The lowest BCUT2D eigenvalue weighted by Crippen LogP contribution is -2.29. The number of carbonyl (C=O) groups is 1. The first-order valence-corrected chi connectivity index (χ1v) is 12.8. The normalized spacial score (nSPS) is 25.9. The molecule has 2 aliphatic rings. The van der Waals surface area contributed by atoms with Crippen molar-refractivity contribution in [1.82, 2.24) is 5.06 Å². The lowest BCUT2D eigenvalue weighted by atomic mass is 9.79. The van der Waals surface area contributed by atoms with Crippen molar-refractivity contribution >= 4 is 29.4 Å². The second-order valence-electron chi connectivity index (χ2n) is 7.89. The topological polar surface area (TPSA) is 49.8 Å². The van der Waals surface area contributed by atoms with E-state index < -0.39 is 0 Å². The van der Waals surface area contributed by atoms with E-state index in [0.29, 0.717) is 29.6 Å². The van der Waals surface area contributed by atoms with Crippen molar-refractivity contribution in [2.75, 3.05) is 24.3 Å². The molecule has 2 aliphatic heterocycles. The minimum absolute atomic E-state index is 0.195. The fourth-order valence-electron chi connectivity index (χ4n) is 4.35. The van der Waals surface area contributed by atoms with Crippen molar-refractivity contribution in [3.63, 3.8) is 0 Å². The molecule has 2 fully saturated rings. The molecule has 3 rings (SSSR count). The number of hydrogen-bond donors (Lipinski definition) is 1. The second-order valence-corrected chi connectivity index (χ2v) is 10.1. The van der Waals surface area contributed by atoms with E-state index in [0.717, 1.165) is 30.3 Å². The summed E-state index contributed by atoms with van der Waals surface area (Å²) in [5.41, 5.74) is 1.41. The fraction of sp³-hybridized carbons (Fsp3) is 0.682. The lowest BCUT2D eigenvalue weighted by Gasteiger charge is -2.27. The van der Waals surface area contributed by atoms with Crippen LogP contribution in [-0.2, 0) is 15.3 Å². The predicted octanol–water partition coefficient (Wildman–Crippen LogP) is 4.85. The van der Waals surface area contributed by atoms with Gasteiger partial charge in [-0.15, -0.1) is 0 Å². The number of thioether (sulfide) groups is 2. The van der Waals surface area contributed by atoms with Gasteiger partial charge in [-0.05, 0) is 66.8 Å². The van der Waals surface area contributed by atoms with Gasteiger partial charge in [-0.2, -0.15) is 23.5 Å². The molecule has 0 radical (unpaired) electrons. The van der Waals surface area contributed by atoms with Crippen LogP contribution in [0.2, 0.25) is 0 Å². The maximum absolute atomic E-state index is 11.4. The third kappa shape index (κ3) is 6.41. The molecule has 2 bridgehead atoms. The molecule has 1 aromatic carbocycles. The van der Waals surface area contributed by atoms with Gasteiger partial charge in [-0.25, -0.2) is 5.06 Å². The number of unbranched alkanes of at least 4 members (excludes halogenated alkanes) is 1. The molecule has 4 nitrogen and oxygen atoms in total. The van der Waals surface area contributed by atoms with Crippen molar-refractivity contribution in [2.24, 2.45) is 11.8 Å². The molecule has 2 saturated heterocycles. The van der Waals surface area contributed by atoms with Crippen LogP contribution in [0.15, 0.2) is 30.3 Å². The maximum Gasteiger partial charge on any atom is 0.245 e. The van der Waals surface area contributed by atoms with E-state index in [9.17, 15) is 4.79 Å². The summed E-state index contributed by atoms with van der Waals surface area (Å²) >= 11 is 4.06. The Hall–Kier alpha value is -0.690. The van der Waals surface area contributed by atoms with Gasteiger partial charge < -0.3 is 4.74 Å². The largest absolute Gasteiger partial charge is 0.374 e. The molecule has 0 saturated carbocycles. The Kier molecular flexibility index (Phi) is 9.03. The molecule has 1 aromatic rings. The van der Waals surface area contributed by atoms with Crippen LogP contribution in [0.25, 0.3) is 0 Å². The Labute approximate surface area is 177 Å². The van der Waals surface area contributed by atoms with Crippen LogP contribution in [0.3, 0.4) is 0 Å². The summed E-state index contributed by atoms with van der Waals surface area (Å²) in [6.07, 6.45) is 7.04. The number of carbonyl (C=O) groups excluding carboxylic acids is 1. The molecule has 1 amide bonds. The van der Waals surface area contributed by atoms with Crippen LogP contribution in [0.4, 0.5) is 0 Å². The zero-order chi connectivity index (χ0) is 19.8. The molecule has 0 unspecified atom stereocenters. The Bertz CT molecular complexity index is 599. The number of rotatable bonds is 12. The minimum atomic E-state index is -0.195. The van der Waals surface area contributed by atoms with Gasteiger partial charge in [0.2, 0.25) is 5.91 Å². The van der Waals surface area contributed by atoms with Crippen LogP contribution in [0.5, 0.6) is 0 Å². The number of nitrogens with zero attached hydrogens (tertiary/aromatic N) is 1. The number of benzene rings is 1. The molecule has 156 valence electrons. The first-order chi connectivity index (χ1) is 13.6. The van der Waals surface area contributed by atoms with Gasteiger partial charge in [-0.3, -0.25) is 10.0 Å². The van der Waals surface area contributed by atoms with Gasteiger partial charge in [0, 0.05) is 19.2 Å². The first-order valence-electron chi connectivity index (χ1n) is 10.5. The smallest absolute Gasteiger partial charge is 0.245 e. The van der Waals surface area contributed by atoms with Crippen LogP contribution in [-0.4, -0.2) is 52.7 Å². The molecular weight excluding hydrogens is 390 g/mol. The van der Waals surface area contributed by atoms with E-state index in [1.807, 2.05) is 23.5 Å². The second kappa shape index (κ2) is 11.5. The molecule has 4 atom stereocenters. The highest BCUT2D eigenvalue weighted by Gasteiger charge is 2.47. The highest BCUT2D eigenvalue weighted by Crippen LogP contribution is 2.46. The van der Waals surface area contributed by atoms with Gasteiger partial charge in [0.25, 0.3) is 0 Å². The number of hydroxylamine groups is 2. The SMILES string of the molecule is CN(O)C(=O)CCCCSC[C@H]1[C@@H](CCSCc2ccccc2)[C@H]2CC[C@@H]1O2. The zero-order valence-electron chi connectivity index (χ0n) is 16.8. The van der Waals surface area contributed by atoms with E-state index in [4.69, 9.17) is 9.94 Å². The van der Waals surface area contributed by atoms with E-state index >= 15 is 0 Å². The average molecular weight is 424 g/mol. The maximum atomic E-state index is 11.4. The summed E-state index contributed by atoms with van der Waals surface area (Å²) in [5.74, 6) is 5.81. The van der Waals surface area contributed by atoms with Crippen molar-refractivity contribution < 1.29 is 14.7 Å². The minimum Gasteiger partial charge on any atom is -0.374 e. The van der Waals surface area contributed by atoms with Crippen LogP contribution < -0.4 is 0 Å². The highest BCUT2D eigenvalue weighted by atomic mass is 32.2. The van der Waals surface area contributed by atoms with Crippen LogP contribution >= 0.6 is 23.5 Å². The summed E-state index contributed by atoms with van der Waals surface area (Å²) in [4.78, 5) is 11.4. The Morgan fingerprint density at radius 3 is 2.61 bits per heavy atom. The molecule has 28 heavy (non-hydrogen) atoms. The third-order valence-electron chi connectivity index (χ3n) is 5.90. The molecule has 0 aromatic heterocycles. The van der Waals surface area contributed by atoms with E-state index in [-0.39, 0.29) is 5.91 Å². The number of fused-ring (bicyclic) bond motifs is 2. The number of ether oxygens (including phenoxy) is 1. The first kappa shape index (κ1) is 22.0. The molecular formula is C22H33NO3S2. The molecule has 0 spiro atoms. The molecule has 6 heteroatoms. The van der Waals surface area contributed by atoms with E-state index in [1.165, 1.54) is 43.4 Å². The van der Waals surface area contributed by atoms with Crippen molar-refractivity contribution in [2.45, 2.75) is 56.5 Å². The summed E-state index contributed by atoms with van der Waals surface area (Å²) in [6, 6.07) is 10.7. The Balaban J connectivity index is 1.32. The van der Waals surface area contributed by atoms with Crippen molar-refractivity contribution in [1.29, 1.82) is 0 Å². The highest BCUT2D eigenvalue weighted by molar-refractivity contribution is 7.99. The van der Waals surface area contributed by atoms with Gasteiger partial charge in [-0.1, -0.05) is 30.3 Å². The van der Waals surface area contributed by atoms with Crippen molar-refractivity contribution in [3.8, 4) is 0 Å². The summed E-state index contributed by atoms with van der Waals surface area (Å²) in [6.45, 7) is 0. The van der Waals surface area contributed by atoms with Gasteiger partial charge >= 0.3 is 0 Å². The molecule has 2 heterocycles.